The number of nitrogens with zero attached hydrogens (tertiary/aromatic N) is 2. The highest BCUT2D eigenvalue weighted by atomic mass is 16.5. The van der Waals surface area contributed by atoms with Crippen LogP contribution in [0.5, 0.6) is 5.75 Å². The predicted molar refractivity (Wildman–Crippen MR) is 106 cm³/mol. The van der Waals surface area contributed by atoms with Crippen molar-refractivity contribution < 1.29 is 9.53 Å². The van der Waals surface area contributed by atoms with E-state index in [4.69, 9.17) is 10.00 Å². The van der Waals surface area contributed by atoms with E-state index in [0.29, 0.717) is 30.3 Å². The van der Waals surface area contributed by atoms with E-state index < -0.39 is 5.56 Å². The van der Waals surface area contributed by atoms with Crippen molar-refractivity contribution in [1.29, 1.82) is 5.26 Å². The number of nitriles is 1. The van der Waals surface area contributed by atoms with Gasteiger partial charge in [-0.1, -0.05) is 12.1 Å². The maximum Gasteiger partial charge on any atom is 0.266 e. The zero-order valence-corrected chi connectivity index (χ0v) is 16.3. The number of amides is 1. The van der Waals surface area contributed by atoms with Crippen molar-refractivity contribution in [2.75, 3.05) is 20.2 Å². The number of benzene rings is 1. The number of methoxy groups -OCH3 is 1. The van der Waals surface area contributed by atoms with Gasteiger partial charge in [0.15, 0.2) is 0 Å². The molecular weight excluding hydrogens is 354 g/mol. The van der Waals surface area contributed by atoms with Crippen molar-refractivity contribution in [2.24, 2.45) is 5.92 Å². The Morgan fingerprint density at radius 2 is 2.21 bits per heavy atom. The number of hydrogen-bond acceptors (Lipinski definition) is 4. The highest BCUT2D eigenvalue weighted by Gasteiger charge is 2.26. The van der Waals surface area contributed by atoms with Crippen LogP contribution in [0.2, 0.25) is 0 Å². The third-order valence-electron chi connectivity index (χ3n) is 5.37. The van der Waals surface area contributed by atoms with E-state index in [1.807, 2.05) is 23.1 Å². The lowest BCUT2D eigenvalue weighted by molar-refractivity contribution is 0.0667. The van der Waals surface area contributed by atoms with Crippen molar-refractivity contribution in [3.05, 3.63) is 63.1 Å². The molecule has 0 saturated carbocycles. The van der Waals surface area contributed by atoms with Crippen LogP contribution in [-0.4, -0.2) is 36.0 Å². The Hall–Kier alpha value is -3.07. The Balaban J connectivity index is 1.67. The predicted octanol–water partition coefficient (Wildman–Crippen LogP) is 3.05. The summed E-state index contributed by atoms with van der Waals surface area (Å²) in [5, 5.41) is 9.08. The zero-order valence-electron chi connectivity index (χ0n) is 16.3. The normalized spacial score (nSPS) is 16.5. The van der Waals surface area contributed by atoms with Gasteiger partial charge >= 0.3 is 0 Å². The monoisotopic (exact) mass is 379 g/mol. The molecule has 1 aliphatic rings. The zero-order chi connectivity index (χ0) is 20.1. The van der Waals surface area contributed by atoms with E-state index in [0.717, 1.165) is 31.4 Å². The first kappa shape index (κ1) is 19.7. The molecule has 1 saturated heterocycles. The van der Waals surface area contributed by atoms with Crippen molar-refractivity contribution in [3.63, 3.8) is 0 Å². The molecule has 1 amide bonds. The fourth-order valence-corrected chi connectivity index (χ4v) is 3.78. The minimum Gasteiger partial charge on any atom is -0.497 e. The van der Waals surface area contributed by atoms with Crippen LogP contribution in [0.4, 0.5) is 0 Å². The Kier molecular flexibility index (Phi) is 6.15. The molecule has 1 aromatic carbocycles. The van der Waals surface area contributed by atoms with E-state index in [-0.39, 0.29) is 11.5 Å². The lowest BCUT2D eigenvalue weighted by Crippen LogP contribution is -2.40. The quantitative estimate of drug-likeness (QED) is 0.865. The number of rotatable bonds is 5. The number of likely N-dealkylation sites (tertiary alicyclic amines) is 1. The Morgan fingerprint density at radius 3 is 2.96 bits per heavy atom. The number of aromatic amines is 1. The SMILES string of the molecule is COc1cccc(CC[C@H]2CCCN(C(=O)c3cc(C#N)c(=O)[nH]c3C)C2)c1. The molecule has 2 heterocycles. The lowest BCUT2D eigenvalue weighted by Gasteiger charge is -2.33. The topological polar surface area (TPSA) is 86.2 Å². The molecule has 0 bridgehead atoms. The molecule has 0 unspecified atom stereocenters. The second-order valence-electron chi connectivity index (χ2n) is 7.31. The minimum atomic E-state index is -0.452. The first-order valence-electron chi connectivity index (χ1n) is 9.58. The van der Waals surface area contributed by atoms with Crippen LogP contribution in [0.1, 0.15) is 46.4 Å². The van der Waals surface area contributed by atoms with E-state index in [1.165, 1.54) is 11.6 Å². The van der Waals surface area contributed by atoms with E-state index >= 15 is 0 Å². The molecule has 1 aromatic heterocycles. The van der Waals surface area contributed by atoms with Gasteiger partial charge in [-0.15, -0.1) is 0 Å². The summed E-state index contributed by atoms with van der Waals surface area (Å²) in [6, 6.07) is 11.4. The third kappa shape index (κ3) is 4.42. The number of nitrogens with one attached hydrogen (secondary N) is 1. The van der Waals surface area contributed by atoms with Gasteiger partial charge in [0.25, 0.3) is 11.5 Å². The summed E-state index contributed by atoms with van der Waals surface area (Å²) in [4.78, 5) is 29.2. The summed E-state index contributed by atoms with van der Waals surface area (Å²) >= 11 is 0. The molecule has 6 heteroatoms. The van der Waals surface area contributed by atoms with Crippen LogP contribution in [0, 0.1) is 24.2 Å². The van der Waals surface area contributed by atoms with Gasteiger partial charge in [-0.25, -0.2) is 0 Å². The van der Waals surface area contributed by atoms with Crippen LogP contribution in [-0.2, 0) is 6.42 Å². The van der Waals surface area contributed by atoms with E-state index in [1.54, 1.807) is 14.0 Å². The highest BCUT2D eigenvalue weighted by molar-refractivity contribution is 5.95. The molecule has 1 N–H and O–H groups in total. The standard InChI is InChI=1S/C22H25N3O3/c1-15-20(12-18(13-23)21(26)24-15)22(27)25-10-4-6-17(14-25)9-8-16-5-3-7-19(11-16)28-2/h3,5,7,11-12,17H,4,6,8-10,14H2,1-2H3,(H,24,26)/t17-/m1/s1. The molecule has 2 aromatic rings. The number of aromatic nitrogens is 1. The Morgan fingerprint density at radius 1 is 1.39 bits per heavy atom. The molecular formula is C22H25N3O3. The maximum absolute atomic E-state index is 13.0. The van der Waals surface area contributed by atoms with E-state index in [9.17, 15) is 9.59 Å². The van der Waals surface area contributed by atoms with Gasteiger partial charge < -0.3 is 14.6 Å². The molecule has 1 atom stereocenters. The van der Waals surface area contributed by atoms with Crippen LogP contribution < -0.4 is 10.3 Å². The molecule has 146 valence electrons. The van der Waals surface area contributed by atoms with Crippen LogP contribution in [0.15, 0.2) is 35.1 Å². The molecule has 0 radical (unpaired) electrons. The van der Waals surface area contributed by atoms with Crippen molar-refractivity contribution in [2.45, 2.75) is 32.6 Å². The molecule has 3 rings (SSSR count). The largest absolute Gasteiger partial charge is 0.497 e. The molecule has 0 spiro atoms. The van der Waals surface area contributed by atoms with Crippen LogP contribution in [0.25, 0.3) is 0 Å². The molecule has 1 fully saturated rings. The summed E-state index contributed by atoms with van der Waals surface area (Å²) in [5.41, 5.74) is 1.67. The number of hydrogen-bond donors (Lipinski definition) is 1. The molecule has 6 nitrogen and oxygen atoms in total. The highest BCUT2D eigenvalue weighted by Crippen LogP contribution is 2.24. The van der Waals surface area contributed by atoms with Crippen LogP contribution >= 0.6 is 0 Å². The van der Waals surface area contributed by atoms with Crippen LogP contribution in [0.3, 0.4) is 0 Å². The smallest absolute Gasteiger partial charge is 0.266 e. The van der Waals surface area contributed by atoms with Gasteiger partial charge in [0.1, 0.15) is 17.4 Å². The summed E-state index contributed by atoms with van der Waals surface area (Å²) in [6.45, 7) is 3.10. The van der Waals surface area contributed by atoms with Gasteiger partial charge in [-0.2, -0.15) is 5.26 Å². The summed E-state index contributed by atoms with van der Waals surface area (Å²) in [7, 11) is 1.67. The third-order valence-corrected chi connectivity index (χ3v) is 5.37. The summed E-state index contributed by atoms with van der Waals surface area (Å²) in [5.74, 6) is 1.18. The maximum atomic E-state index is 13.0. The first-order chi connectivity index (χ1) is 13.5. The van der Waals surface area contributed by atoms with Crippen molar-refractivity contribution in [1.82, 2.24) is 9.88 Å². The Bertz CT molecular complexity index is 958. The number of aryl methyl sites for hydroxylation is 2. The van der Waals surface area contributed by atoms with Crippen molar-refractivity contribution >= 4 is 5.91 Å². The summed E-state index contributed by atoms with van der Waals surface area (Å²) in [6.07, 6.45) is 4.01. The summed E-state index contributed by atoms with van der Waals surface area (Å²) < 4.78 is 5.28. The van der Waals surface area contributed by atoms with Gasteiger partial charge in [0, 0.05) is 18.8 Å². The van der Waals surface area contributed by atoms with Crippen molar-refractivity contribution in [3.8, 4) is 11.8 Å². The van der Waals surface area contributed by atoms with Gasteiger partial charge in [-0.05, 0) is 62.3 Å². The second-order valence-corrected chi connectivity index (χ2v) is 7.31. The fraction of sp³-hybridized carbons (Fsp3) is 0.409. The number of piperidine rings is 1. The minimum absolute atomic E-state index is 0.0273. The molecule has 28 heavy (non-hydrogen) atoms. The van der Waals surface area contributed by atoms with Gasteiger partial charge in [-0.3, -0.25) is 9.59 Å². The number of carbonyl (C=O) groups is 1. The number of carbonyl (C=O) groups excluding carboxylic acids is 1. The van der Waals surface area contributed by atoms with Gasteiger partial charge in [0.05, 0.1) is 12.7 Å². The number of ether oxygens (including phenoxy) is 1. The fourth-order valence-electron chi connectivity index (χ4n) is 3.78. The average molecular weight is 379 g/mol. The average Bonchev–Trinajstić information content (AvgIpc) is 2.72. The first-order valence-corrected chi connectivity index (χ1v) is 9.58. The molecule has 0 aliphatic carbocycles. The Labute approximate surface area is 164 Å². The lowest BCUT2D eigenvalue weighted by atomic mass is 9.91. The number of pyridine rings is 1. The van der Waals surface area contributed by atoms with Gasteiger partial charge in [0.2, 0.25) is 0 Å². The van der Waals surface area contributed by atoms with E-state index in [2.05, 4.69) is 17.1 Å². The number of H-pyrrole nitrogens is 1. The second kappa shape index (κ2) is 8.75. The molecule has 1 aliphatic heterocycles.